The van der Waals surface area contributed by atoms with Gasteiger partial charge in [-0.05, 0) is 0 Å². The van der Waals surface area contributed by atoms with Crippen molar-refractivity contribution in [2.24, 2.45) is 0 Å². The molecule has 0 aliphatic rings. The van der Waals surface area contributed by atoms with E-state index in [2.05, 4.69) is 10.2 Å². The molecule has 0 N–H and O–H groups in total. The number of hydrogen-bond acceptors (Lipinski definition) is 6. The lowest BCUT2D eigenvalue weighted by atomic mass is 10.4. The molecule has 9 heteroatoms. The second-order valence-corrected chi connectivity index (χ2v) is 5.68. The van der Waals surface area contributed by atoms with E-state index in [9.17, 15) is 8.42 Å². The SMILES string of the molecule is COCCc1nnc(S(=O)(=O)Cl)n1CCOC. The van der Waals surface area contributed by atoms with E-state index in [0.29, 0.717) is 32.0 Å². The Morgan fingerprint density at radius 3 is 2.41 bits per heavy atom. The Bertz CT molecular complexity index is 459. The summed E-state index contributed by atoms with van der Waals surface area (Å²) in [5.41, 5.74) is 0. The summed E-state index contributed by atoms with van der Waals surface area (Å²) in [5, 5.41) is 7.10. The average molecular weight is 284 g/mol. The predicted molar refractivity (Wildman–Crippen MR) is 60.5 cm³/mol. The van der Waals surface area contributed by atoms with Crippen molar-refractivity contribution in [3.05, 3.63) is 5.82 Å². The lowest BCUT2D eigenvalue weighted by Gasteiger charge is -2.07. The minimum atomic E-state index is -3.90. The van der Waals surface area contributed by atoms with Crippen LogP contribution in [-0.2, 0) is 31.5 Å². The van der Waals surface area contributed by atoms with Crippen LogP contribution in [0.5, 0.6) is 0 Å². The Morgan fingerprint density at radius 1 is 1.24 bits per heavy atom. The van der Waals surface area contributed by atoms with E-state index < -0.39 is 9.05 Å². The van der Waals surface area contributed by atoms with Gasteiger partial charge in [-0.15, -0.1) is 10.2 Å². The summed E-state index contributed by atoms with van der Waals surface area (Å²) in [6, 6.07) is 0. The molecule has 0 saturated carbocycles. The van der Waals surface area contributed by atoms with E-state index in [4.69, 9.17) is 20.2 Å². The summed E-state index contributed by atoms with van der Waals surface area (Å²) in [4.78, 5) is 0. The first-order valence-electron chi connectivity index (χ1n) is 4.85. The monoisotopic (exact) mass is 283 g/mol. The molecule has 0 fully saturated rings. The zero-order chi connectivity index (χ0) is 12.9. The zero-order valence-corrected chi connectivity index (χ0v) is 11.2. The highest BCUT2D eigenvalue weighted by atomic mass is 35.7. The standard InChI is InChI=1S/C8H14ClN3O4S/c1-15-5-3-7-10-11-8(17(9,13)14)12(7)4-6-16-2/h3-6H2,1-2H3. The topological polar surface area (TPSA) is 83.3 Å². The summed E-state index contributed by atoms with van der Waals surface area (Å²) in [6.07, 6.45) is 0.458. The quantitative estimate of drug-likeness (QED) is 0.657. The molecule has 0 saturated heterocycles. The maximum atomic E-state index is 11.3. The summed E-state index contributed by atoms with van der Waals surface area (Å²) in [6.45, 7) is 1.09. The molecule has 98 valence electrons. The van der Waals surface area contributed by atoms with Crippen LogP contribution in [0.25, 0.3) is 0 Å². The van der Waals surface area contributed by atoms with Crippen molar-refractivity contribution in [3.63, 3.8) is 0 Å². The fourth-order valence-corrected chi connectivity index (χ4v) is 2.23. The Hall–Kier alpha value is -0.700. The number of ether oxygens (including phenoxy) is 2. The average Bonchev–Trinajstić information content (AvgIpc) is 2.66. The first kappa shape index (κ1) is 14.4. The van der Waals surface area contributed by atoms with Crippen molar-refractivity contribution in [1.82, 2.24) is 14.8 Å². The van der Waals surface area contributed by atoms with Gasteiger partial charge in [-0.1, -0.05) is 0 Å². The van der Waals surface area contributed by atoms with Crippen LogP contribution >= 0.6 is 10.7 Å². The third-order valence-corrected chi connectivity index (χ3v) is 3.21. The van der Waals surface area contributed by atoms with Gasteiger partial charge < -0.3 is 9.47 Å². The number of halogens is 1. The Kier molecular flexibility index (Phi) is 5.31. The summed E-state index contributed by atoms with van der Waals surface area (Å²) in [7, 11) is 4.44. The van der Waals surface area contributed by atoms with Gasteiger partial charge in [0.1, 0.15) is 5.82 Å². The molecule has 0 aromatic carbocycles. The zero-order valence-electron chi connectivity index (χ0n) is 9.59. The molecule has 7 nitrogen and oxygen atoms in total. The van der Waals surface area contributed by atoms with Gasteiger partial charge in [0.15, 0.2) is 0 Å². The lowest BCUT2D eigenvalue weighted by Crippen LogP contribution is -2.14. The fraction of sp³-hybridized carbons (Fsp3) is 0.750. The van der Waals surface area contributed by atoms with Crippen molar-refractivity contribution < 1.29 is 17.9 Å². The van der Waals surface area contributed by atoms with Crippen molar-refractivity contribution in [2.45, 2.75) is 18.1 Å². The van der Waals surface area contributed by atoms with Crippen molar-refractivity contribution >= 4 is 19.7 Å². The van der Waals surface area contributed by atoms with Crippen LogP contribution in [0.3, 0.4) is 0 Å². The molecule has 0 aliphatic heterocycles. The van der Waals surface area contributed by atoms with E-state index in [1.54, 1.807) is 7.11 Å². The van der Waals surface area contributed by atoms with Crippen LogP contribution < -0.4 is 0 Å². The van der Waals surface area contributed by atoms with Crippen molar-refractivity contribution in [1.29, 1.82) is 0 Å². The summed E-state index contributed by atoms with van der Waals surface area (Å²) in [5.74, 6) is 0.503. The first-order valence-corrected chi connectivity index (χ1v) is 7.16. The van der Waals surface area contributed by atoms with Gasteiger partial charge in [0.25, 0.3) is 14.2 Å². The van der Waals surface area contributed by atoms with Gasteiger partial charge in [0, 0.05) is 37.9 Å². The Balaban J connectivity index is 3.02. The first-order chi connectivity index (χ1) is 8.00. The van der Waals surface area contributed by atoms with Crippen LogP contribution in [0, 0.1) is 0 Å². The number of rotatable bonds is 7. The van der Waals surface area contributed by atoms with E-state index >= 15 is 0 Å². The normalized spacial score (nSPS) is 11.9. The number of methoxy groups -OCH3 is 2. The summed E-state index contributed by atoms with van der Waals surface area (Å²) >= 11 is 0. The van der Waals surface area contributed by atoms with Crippen molar-refractivity contribution in [3.8, 4) is 0 Å². The van der Waals surface area contributed by atoms with Gasteiger partial charge in [-0.3, -0.25) is 4.57 Å². The highest BCUT2D eigenvalue weighted by Gasteiger charge is 2.22. The molecule has 1 aromatic heterocycles. The molecular formula is C8H14ClN3O4S. The van der Waals surface area contributed by atoms with Crippen molar-refractivity contribution in [2.75, 3.05) is 27.4 Å². The summed E-state index contributed by atoms with van der Waals surface area (Å²) < 4.78 is 33.8. The molecule has 0 amide bonds. The maximum absolute atomic E-state index is 11.3. The Morgan fingerprint density at radius 2 is 1.88 bits per heavy atom. The number of hydrogen-bond donors (Lipinski definition) is 0. The fourth-order valence-electron chi connectivity index (χ4n) is 1.28. The molecule has 1 rings (SSSR count). The predicted octanol–water partition coefficient (Wildman–Crippen LogP) is 0.0409. The molecule has 0 aliphatic carbocycles. The van der Waals surface area contributed by atoms with Gasteiger partial charge in [-0.25, -0.2) is 8.42 Å². The molecule has 17 heavy (non-hydrogen) atoms. The molecule has 0 radical (unpaired) electrons. The maximum Gasteiger partial charge on any atom is 0.296 e. The molecule has 0 atom stereocenters. The van der Waals surface area contributed by atoms with Gasteiger partial charge in [0.05, 0.1) is 13.2 Å². The van der Waals surface area contributed by atoms with E-state index in [1.165, 1.54) is 11.7 Å². The highest BCUT2D eigenvalue weighted by Crippen LogP contribution is 2.14. The van der Waals surface area contributed by atoms with Crippen LogP contribution in [-0.4, -0.2) is 50.6 Å². The third kappa shape index (κ3) is 3.91. The van der Waals surface area contributed by atoms with Crippen LogP contribution in [0.2, 0.25) is 0 Å². The molecular weight excluding hydrogens is 270 g/mol. The largest absolute Gasteiger partial charge is 0.384 e. The second kappa shape index (κ2) is 6.29. The molecule has 1 heterocycles. The molecule has 0 spiro atoms. The van der Waals surface area contributed by atoms with E-state index in [0.717, 1.165) is 0 Å². The Labute approximate surface area is 104 Å². The van der Waals surface area contributed by atoms with E-state index in [-0.39, 0.29) is 5.16 Å². The second-order valence-electron chi connectivity index (χ2n) is 3.22. The molecule has 0 unspecified atom stereocenters. The molecule has 1 aromatic rings. The van der Waals surface area contributed by atoms with Gasteiger partial charge in [-0.2, -0.15) is 0 Å². The number of aromatic nitrogens is 3. The van der Waals surface area contributed by atoms with Gasteiger partial charge >= 0.3 is 0 Å². The smallest absolute Gasteiger partial charge is 0.296 e. The third-order valence-electron chi connectivity index (χ3n) is 2.06. The minimum absolute atomic E-state index is 0.262. The van der Waals surface area contributed by atoms with Crippen LogP contribution in [0.1, 0.15) is 5.82 Å². The van der Waals surface area contributed by atoms with Crippen LogP contribution in [0.15, 0.2) is 5.16 Å². The van der Waals surface area contributed by atoms with E-state index in [1.807, 2.05) is 0 Å². The minimum Gasteiger partial charge on any atom is -0.384 e. The highest BCUT2D eigenvalue weighted by molar-refractivity contribution is 8.13. The molecule has 0 bridgehead atoms. The van der Waals surface area contributed by atoms with Gasteiger partial charge in [0.2, 0.25) is 0 Å². The lowest BCUT2D eigenvalue weighted by molar-refractivity contribution is 0.179. The van der Waals surface area contributed by atoms with Crippen LogP contribution in [0.4, 0.5) is 0 Å². The number of nitrogens with zero attached hydrogens (tertiary/aromatic N) is 3.